The molecule has 1 fully saturated rings. The van der Waals surface area contributed by atoms with Crippen LogP contribution >= 0.6 is 0 Å². The molecule has 0 heterocycles. The van der Waals surface area contributed by atoms with Crippen molar-refractivity contribution in [2.75, 3.05) is 19.4 Å². The first-order chi connectivity index (χ1) is 8.67. The largest absolute Gasteiger partial charge is 0.497 e. The van der Waals surface area contributed by atoms with Crippen molar-refractivity contribution in [2.45, 2.75) is 32.2 Å². The summed E-state index contributed by atoms with van der Waals surface area (Å²) in [4.78, 5) is 14.4. The predicted molar refractivity (Wildman–Crippen MR) is 71.8 cm³/mol. The molecule has 1 aromatic rings. The minimum atomic E-state index is 0.0238. The minimum absolute atomic E-state index is 0.0238. The summed E-state index contributed by atoms with van der Waals surface area (Å²) in [7, 11) is 1.59. The zero-order chi connectivity index (χ0) is 13.1. The Bertz CT molecular complexity index is 441. The van der Waals surface area contributed by atoms with E-state index in [1.807, 2.05) is 4.90 Å². The third kappa shape index (κ3) is 2.58. The number of amides is 1. The zero-order valence-electron chi connectivity index (χ0n) is 11.0. The minimum Gasteiger partial charge on any atom is -0.497 e. The van der Waals surface area contributed by atoms with Crippen molar-refractivity contribution in [1.82, 2.24) is 4.90 Å². The summed E-state index contributed by atoms with van der Waals surface area (Å²) >= 11 is 0. The number of benzene rings is 1. The van der Waals surface area contributed by atoms with Crippen LogP contribution in [0.2, 0.25) is 0 Å². The van der Waals surface area contributed by atoms with Crippen molar-refractivity contribution < 1.29 is 9.53 Å². The Hall–Kier alpha value is -1.71. The average Bonchev–Trinajstić information content (AvgIpc) is 3.20. The van der Waals surface area contributed by atoms with Gasteiger partial charge in [0.15, 0.2) is 0 Å². The van der Waals surface area contributed by atoms with Crippen molar-refractivity contribution in [3.63, 3.8) is 0 Å². The average molecular weight is 248 g/mol. The molecular formula is C14H20N2O2. The number of carbonyl (C=O) groups is 1. The van der Waals surface area contributed by atoms with Gasteiger partial charge in [-0.25, -0.2) is 0 Å². The molecule has 2 N–H and O–H groups in total. The van der Waals surface area contributed by atoms with Gasteiger partial charge in [-0.05, 0) is 37.5 Å². The van der Waals surface area contributed by atoms with Crippen molar-refractivity contribution in [2.24, 2.45) is 0 Å². The first-order valence-electron chi connectivity index (χ1n) is 6.41. The second-order valence-corrected chi connectivity index (χ2v) is 4.68. The lowest BCUT2D eigenvalue weighted by Crippen LogP contribution is -2.34. The van der Waals surface area contributed by atoms with Crippen LogP contribution in [-0.4, -0.2) is 30.5 Å². The normalized spacial score (nSPS) is 14.3. The summed E-state index contributed by atoms with van der Waals surface area (Å²) in [5.41, 5.74) is 6.96. The second kappa shape index (κ2) is 5.29. The third-order valence-electron chi connectivity index (χ3n) is 3.20. The van der Waals surface area contributed by atoms with Crippen LogP contribution in [0.1, 0.15) is 36.5 Å². The third-order valence-corrected chi connectivity index (χ3v) is 3.20. The highest BCUT2D eigenvalue weighted by Crippen LogP contribution is 2.30. The lowest BCUT2D eigenvalue weighted by atomic mass is 10.1. The van der Waals surface area contributed by atoms with E-state index in [1.54, 1.807) is 25.3 Å². The van der Waals surface area contributed by atoms with Crippen LogP contribution in [0, 0.1) is 0 Å². The molecule has 4 heteroatoms. The number of methoxy groups -OCH3 is 1. The summed E-state index contributed by atoms with van der Waals surface area (Å²) in [5.74, 6) is 0.690. The number of nitrogens with zero attached hydrogens (tertiary/aromatic N) is 1. The molecule has 0 aromatic heterocycles. The van der Waals surface area contributed by atoms with E-state index < -0.39 is 0 Å². The van der Waals surface area contributed by atoms with E-state index in [1.165, 1.54) is 0 Å². The Morgan fingerprint density at radius 3 is 2.78 bits per heavy atom. The highest BCUT2D eigenvalue weighted by Gasteiger charge is 2.33. The maximum Gasteiger partial charge on any atom is 0.256 e. The maximum absolute atomic E-state index is 12.5. The van der Waals surface area contributed by atoms with E-state index in [9.17, 15) is 4.79 Å². The van der Waals surface area contributed by atoms with Gasteiger partial charge in [-0.15, -0.1) is 0 Å². The van der Waals surface area contributed by atoms with E-state index in [4.69, 9.17) is 10.5 Å². The second-order valence-electron chi connectivity index (χ2n) is 4.68. The van der Waals surface area contributed by atoms with Gasteiger partial charge in [0.2, 0.25) is 0 Å². The molecule has 0 bridgehead atoms. The van der Waals surface area contributed by atoms with Crippen LogP contribution in [0.3, 0.4) is 0 Å². The smallest absolute Gasteiger partial charge is 0.256 e. The molecule has 1 aliphatic carbocycles. The number of hydrogen-bond acceptors (Lipinski definition) is 3. The molecule has 0 aliphatic heterocycles. The summed E-state index contributed by atoms with van der Waals surface area (Å²) in [6.07, 6.45) is 3.18. The standard InChI is InChI=1S/C14H20N2O2/c1-3-8-16(10-4-5-10)14(17)12-9-11(18-2)6-7-13(12)15/h6-7,9-10H,3-5,8,15H2,1-2H3. The fourth-order valence-corrected chi connectivity index (χ4v) is 2.08. The van der Waals surface area contributed by atoms with Crippen LogP contribution in [0.4, 0.5) is 5.69 Å². The Labute approximate surface area is 108 Å². The van der Waals surface area contributed by atoms with Gasteiger partial charge in [-0.1, -0.05) is 6.92 Å². The number of hydrogen-bond donors (Lipinski definition) is 1. The molecule has 18 heavy (non-hydrogen) atoms. The van der Waals surface area contributed by atoms with Crippen LogP contribution in [0.5, 0.6) is 5.75 Å². The number of rotatable bonds is 5. The van der Waals surface area contributed by atoms with Crippen LogP contribution in [0.15, 0.2) is 18.2 Å². The number of nitrogens with two attached hydrogens (primary N) is 1. The van der Waals surface area contributed by atoms with Gasteiger partial charge in [0, 0.05) is 18.3 Å². The first-order valence-corrected chi connectivity index (χ1v) is 6.41. The molecule has 0 spiro atoms. The van der Waals surface area contributed by atoms with E-state index in [-0.39, 0.29) is 5.91 Å². The number of anilines is 1. The summed E-state index contributed by atoms with van der Waals surface area (Å²) < 4.78 is 5.15. The molecule has 0 radical (unpaired) electrons. The summed E-state index contributed by atoms with van der Waals surface area (Å²) in [6, 6.07) is 5.63. The van der Waals surface area contributed by atoms with Crippen molar-refractivity contribution in [1.29, 1.82) is 0 Å². The predicted octanol–water partition coefficient (Wildman–Crippen LogP) is 2.29. The molecule has 1 amide bonds. The van der Waals surface area contributed by atoms with Crippen LogP contribution in [0.25, 0.3) is 0 Å². The number of ether oxygens (including phenoxy) is 1. The van der Waals surface area contributed by atoms with E-state index in [2.05, 4.69) is 6.92 Å². The van der Waals surface area contributed by atoms with Gasteiger partial charge < -0.3 is 15.4 Å². The number of carbonyl (C=O) groups excluding carboxylic acids is 1. The molecule has 1 saturated carbocycles. The molecular weight excluding hydrogens is 228 g/mol. The van der Waals surface area contributed by atoms with E-state index in [0.717, 1.165) is 25.8 Å². The molecule has 1 aromatic carbocycles. The fraction of sp³-hybridized carbons (Fsp3) is 0.500. The van der Waals surface area contributed by atoms with Gasteiger partial charge >= 0.3 is 0 Å². The molecule has 98 valence electrons. The zero-order valence-corrected chi connectivity index (χ0v) is 11.0. The Kier molecular flexibility index (Phi) is 3.75. The Morgan fingerprint density at radius 2 is 2.22 bits per heavy atom. The summed E-state index contributed by atoms with van der Waals surface area (Å²) in [6.45, 7) is 2.87. The van der Waals surface area contributed by atoms with E-state index >= 15 is 0 Å². The number of nitrogen functional groups attached to an aromatic ring is 1. The Morgan fingerprint density at radius 1 is 1.50 bits per heavy atom. The maximum atomic E-state index is 12.5. The monoisotopic (exact) mass is 248 g/mol. The highest BCUT2D eigenvalue weighted by molar-refractivity contribution is 5.99. The van der Waals surface area contributed by atoms with Gasteiger partial charge in [-0.3, -0.25) is 4.79 Å². The van der Waals surface area contributed by atoms with Crippen LogP contribution in [-0.2, 0) is 0 Å². The van der Waals surface area contributed by atoms with Crippen molar-refractivity contribution in [3.8, 4) is 5.75 Å². The van der Waals surface area contributed by atoms with E-state index in [0.29, 0.717) is 23.0 Å². The van der Waals surface area contributed by atoms with Crippen LogP contribution < -0.4 is 10.5 Å². The van der Waals surface area contributed by atoms with Gasteiger partial charge in [0.25, 0.3) is 5.91 Å². The molecule has 0 atom stereocenters. The van der Waals surface area contributed by atoms with Crippen molar-refractivity contribution in [3.05, 3.63) is 23.8 Å². The van der Waals surface area contributed by atoms with Gasteiger partial charge in [0.05, 0.1) is 12.7 Å². The SMILES string of the molecule is CCCN(C(=O)c1cc(OC)ccc1N)C1CC1. The lowest BCUT2D eigenvalue weighted by molar-refractivity contribution is 0.0744. The van der Waals surface area contributed by atoms with Crippen molar-refractivity contribution >= 4 is 11.6 Å². The molecule has 0 saturated heterocycles. The topological polar surface area (TPSA) is 55.6 Å². The first kappa shape index (κ1) is 12.7. The fourth-order valence-electron chi connectivity index (χ4n) is 2.08. The molecule has 4 nitrogen and oxygen atoms in total. The highest BCUT2D eigenvalue weighted by atomic mass is 16.5. The lowest BCUT2D eigenvalue weighted by Gasteiger charge is -2.22. The quantitative estimate of drug-likeness (QED) is 0.813. The molecule has 1 aliphatic rings. The Balaban J connectivity index is 2.25. The van der Waals surface area contributed by atoms with Gasteiger partial charge in [0.1, 0.15) is 5.75 Å². The molecule has 0 unspecified atom stereocenters. The van der Waals surface area contributed by atoms with Gasteiger partial charge in [-0.2, -0.15) is 0 Å². The summed E-state index contributed by atoms with van der Waals surface area (Å²) in [5, 5.41) is 0. The molecule has 2 rings (SSSR count).